The van der Waals surface area contributed by atoms with E-state index in [2.05, 4.69) is 9.98 Å². The Kier molecular flexibility index (Phi) is 4.02. The Balaban J connectivity index is 1.90. The number of nitriles is 1. The number of halogens is 1. The van der Waals surface area contributed by atoms with Gasteiger partial charge in [0.15, 0.2) is 0 Å². The Morgan fingerprint density at radius 3 is 3.17 bits per heavy atom. The number of hydrogen-bond donors (Lipinski definition) is 0. The highest BCUT2D eigenvalue weighted by Crippen LogP contribution is 2.17. The fourth-order valence-corrected chi connectivity index (χ4v) is 1.75. The van der Waals surface area contributed by atoms with Crippen LogP contribution >= 0.6 is 0 Å². The lowest BCUT2D eigenvalue weighted by atomic mass is 10.0. The Morgan fingerprint density at radius 1 is 1.56 bits per heavy atom. The zero-order valence-corrected chi connectivity index (χ0v) is 9.88. The number of rotatable bonds is 4. The number of allylic oxidation sites excluding steroid dienone is 4. The van der Waals surface area contributed by atoms with E-state index in [0.29, 0.717) is 18.7 Å². The van der Waals surface area contributed by atoms with Crippen molar-refractivity contribution >= 4 is 5.71 Å². The van der Waals surface area contributed by atoms with Crippen LogP contribution in [0.5, 0.6) is 0 Å². The zero-order valence-electron chi connectivity index (χ0n) is 9.88. The summed E-state index contributed by atoms with van der Waals surface area (Å²) in [6, 6.07) is 1.87. The van der Waals surface area contributed by atoms with E-state index in [9.17, 15) is 4.39 Å². The van der Waals surface area contributed by atoms with Crippen LogP contribution in [0, 0.1) is 11.3 Å². The molecule has 1 aliphatic carbocycles. The molecule has 1 aromatic rings. The summed E-state index contributed by atoms with van der Waals surface area (Å²) in [5.41, 5.74) is 0.614. The van der Waals surface area contributed by atoms with Crippen molar-refractivity contribution in [3.05, 3.63) is 42.3 Å². The first-order valence-electron chi connectivity index (χ1n) is 5.77. The summed E-state index contributed by atoms with van der Waals surface area (Å²) in [4.78, 5) is 8.24. The van der Waals surface area contributed by atoms with Crippen molar-refractivity contribution < 1.29 is 4.39 Å². The minimum Gasteiger partial charge on any atom is -0.337 e. The van der Waals surface area contributed by atoms with Gasteiger partial charge in [0.05, 0.1) is 12.0 Å². The summed E-state index contributed by atoms with van der Waals surface area (Å²) in [5.74, 6) is -0.489. The Morgan fingerprint density at radius 2 is 2.44 bits per heavy atom. The summed E-state index contributed by atoms with van der Waals surface area (Å²) < 4.78 is 15.3. The second-order valence-electron chi connectivity index (χ2n) is 3.92. The lowest BCUT2D eigenvalue weighted by molar-refractivity contribution is 0.648. The van der Waals surface area contributed by atoms with Gasteiger partial charge < -0.3 is 4.57 Å². The first kappa shape index (κ1) is 12.2. The fourth-order valence-electron chi connectivity index (χ4n) is 1.75. The molecule has 0 spiro atoms. The van der Waals surface area contributed by atoms with Gasteiger partial charge in [-0.05, 0) is 12.5 Å². The molecule has 1 aromatic heterocycles. The number of nitrogens with zero attached hydrogens (tertiary/aromatic N) is 4. The number of imidazole rings is 1. The molecule has 0 N–H and O–H groups in total. The minimum absolute atomic E-state index is 0.0696. The van der Waals surface area contributed by atoms with Crippen LogP contribution in [0.1, 0.15) is 12.8 Å². The lowest BCUT2D eigenvalue weighted by Crippen LogP contribution is -2.07. The largest absolute Gasteiger partial charge is 0.337 e. The van der Waals surface area contributed by atoms with Gasteiger partial charge in [0, 0.05) is 31.9 Å². The average molecular weight is 244 g/mol. The first-order chi connectivity index (χ1) is 8.81. The van der Waals surface area contributed by atoms with E-state index >= 15 is 0 Å². The lowest BCUT2D eigenvalue weighted by Gasteiger charge is -2.07. The van der Waals surface area contributed by atoms with Crippen LogP contribution in [0.15, 0.2) is 47.3 Å². The van der Waals surface area contributed by atoms with E-state index in [1.807, 2.05) is 16.8 Å². The molecule has 2 rings (SSSR count). The van der Waals surface area contributed by atoms with Crippen LogP contribution in [-0.2, 0) is 6.54 Å². The standard InChI is InChI=1S/C13H13FN4/c14-12-3-1-4-13(11(12)9-15)17-5-2-7-18-8-6-16-10-18/h1,3,6,8,10H,2,4-5,7H2. The van der Waals surface area contributed by atoms with Crippen LogP contribution < -0.4 is 0 Å². The summed E-state index contributed by atoms with van der Waals surface area (Å²) >= 11 is 0. The number of aryl methyl sites for hydroxylation is 1. The molecule has 0 saturated carbocycles. The van der Waals surface area contributed by atoms with E-state index in [1.165, 1.54) is 6.08 Å². The number of aliphatic imine (C=N–C) groups is 1. The van der Waals surface area contributed by atoms with Gasteiger partial charge in [0.1, 0.15) is 17.5 Å². The molecule has 92 valence electrons. The van der Waals surface area contributed by atoms with Crippen molar-refractivity contribution in [2.75, 3.05) is 6.54 Å². The molecule has 0 unspecified atom stereocenters. The Hall–Kier alpha value is -2.22. The summed E-state index contributed by atoms with van der Waals surface area (Å²) in [5, 5.41) is 8.86. The normalized spacial score (nSPS) is 17.2. The molecular formula is C13H13FN4. The van der Waals surface area contributed by atoms with Gasteiger partial charge in [-0.3, -0.25) is 4.99 Å². The van der Waals surface area contributed by atoms with Crippen LogP contribution in [0.4, 0.5) is 4.39 Å². The Bertz CT molecular complexity index is 532. The van der Waals surface area contributed by atoms with Crippen LogP contribution in [0.25, 0.3) is 0 Å². The SMILES string of the molecule is N#CC1=C(F)C=CCC1=NCCCn1ccnc1. The van der Waals surface area contributed by atoms with E-state index in [1.54, 1.807) is 18.6 Å². The highest BCUT2D eigenvalue weighted by molar-refractivity contribution is 6.06. The third-order valence-electron chi connectivity index (χ3n) is 2.65. The van der Waals surface area contributed by atoms with Crippen molar-refractivity contribution in [1.29, 1.82) is 5.26 Å². The molecule has 0 saturated heterocycles. The average Bonchev–Trinajstić information content (AvgIpc) is 2.88. The third-order valence-corrected chi connectivity index (χ3v) is 2.65. The second kappa shape index (κ2) is 5.92. The van der Waals surface area contributed by atoms with E-state index < -0.39 is 5.83 Å². The smallest absolute Gasteiger partial charge is 0.142 e. The van der Waals surface area contributed by atoms with E-state index in [4.69, 9.17) is 5.26 Å². The van der Waals surface area contributed by atoms with Gasteiger partial charge >= 0.3 is 0 Å². The van der Waals surface area contributed by atoms with Gasteiger partial charge in [-0.15, -0.1) is 0 Å². The molecule has 0 aliphatic heterocycles. The predicted molar refractivity (Wildman–Crippen MR) is 66.7 cm³/mol. The topological polar surface area (TPSA) is 54.0 Å². The van der Waals surface area contributed by atoms with Gasteiger partial charge in [0.25, 0.3) is 0 Å². The van der Waals surface area contributed by atoms with Crippen LogP contribution in [0.3, 0.4) is 0 Å². The van der Waals surface area contributed by atoms with Crippen LogP contribution in [0.2, 0.25) is 0 Å². The second-order valence-corrected chi connectivity index (χ2v) is 3.92. The number of aromatic nitrogens is 2. The minimum atomic E-state index is -0.489. The maximum Gasteiger partial charge on any atom is 0.142 e. The van der Waals surface area contributed by atoms with Crippen LogP contribution in [-0.4, -0.2) is 21.8 Å². The molecule has 0 fully saturated rings. The van der Waals surface area contributed by atoms with Gasteiger partial charge in [-0.1, -0.05) is 6.08 Å². The van der Waals surface area contributed by atoms with E-state index in [0.717, 1.165) is 13.0 Å². The Labute approximate surface area is 105 Å². The molecule has 0 atom stereocenters. The molecule has 4 nitrogen and oxygen atoms in total. The quantitative estimate of drug-likeness (QED) is 0.764. The monoisotopic (exact) mass is 244 g/mol. The van der Waals surface area contributed by atoms with Gasteiger partial charge in [0.2, 0.25) is 0 Å². The first-order valence-corrected chi connectivity index (χ1v) is 5.77. The molecule has 0 aromatic carbocycles. The molecule has 5 heteroatoms. The van der Waals surface area contributed by atoms with Crippen molar-refractivity contribution in [2.24, 2.45) is 4.99 Å². The zero-order chi connectivity index (χ0) is 12.8. The maximum atomic E-state index is 13.3. The maximum absolute atomic E-state index is 13.3. The summed E-state index contributed by atoms with van der Waals surface area (Å²) in [6.45, 7) is 1.40. The molecule has 0 radical (unpaired) electrons. The summed E-state index contributed by atoms with van der Waals surface area (Å²) in [6.07, 6.45) is 9.73. The van der Waals surface area contributed by atoms with Gasteiger partial charge in [-0.2, -0.15) is 5.26 Å². The molecule has 0 amide bonds. The summed E-state index contributed by atoms with van der Waals surface area (Å²) in [7, 11) is 0. The molecule has 18 heavy (non-hydrogen) atoms. The molecular weight excluding hydrogens is 231 g/mol. The van der Waals surface area contributed by atoms with Crippen molar-refractivity contribution in [3.63, 3.8) is 0 Å². The molecule has 1 aliphatic rings. The third kappa shape index (κ3) is 2.92. The van der Waals surface area contributed by atoms with Crippen molar-refractivity contribution in [1.82, 2.24) is 9.55 Å². The highest BCUT2D eigenvalue weighted by Gasteiger charge is 2.14. The van der Waals surface area contributed by atoms with E-state index in [-0.39, 0.29) is 5.57 Å². The molecule has 0 bridgehead atoms. The predicted octanol–water partition coefficient (Wildman–Crippen LogP) is 2.42. The van der Waals surface area contributed by atoms with Crippen molar-refractivity contribution in [3.8, 4) is 6.07 Å². The highest BCUT2D eigenvalue weighted by atomic mass is 19.1. The fraction of sp³-hybridized carbons (Fsp3) is 0.308. The van der Waals surface area contributed by atoms with Crippen molar-refractivity contribution in [2.45, 2.75) is 19.4 Å². The number of hydrogen-bond acceptors (Lipinski definition) is 3. The molecule has 1 heterocycles. The van der Waals surface area contributed by atoms with Gasteiger partial charge in [-0.25, -0.2) is 9.37 Å².